The van der Waals surface area contributed by atoms with E-state index in [9.17, 15) is 0 Å². The highest BCUT2D eigenvalue weighted by Gasteiger charge is 2.27. The molecular formula is C10H16N4. The van der Waals surface area contributed by atoms with Gasteiger partial charge in [-0.25, -0.2) is 0 Å². The first kappa shape index (κ1) is 11.0. The van der Waals surface area contributed by atoms with Crippen molar-refractivity contribution in [3.63, 3.8) is 0 Å². The molecule has 2 unspecified atom stereocenters. The van der Waals surface area contributed by atoms with E-state index in [1.54, 1.807) is 0 Å². The van der Waals surface area contributed by atoms with Crippen molar-refractivity contribution in [3.8, 4) is 12.1 Å². The molecule has 1 saturated heterocycles. The molecule has 1 aliphatic rings. The Balaban J connectivity index is 2.62. The predicted octanol–water partition coefficient (Wildman–Crippen LogP) is 0.476. The first-order chi connectivity index (χ1) is 6.83. The zero-order valence-electron chi connectivity index (χ0n) is 8.53. The Morgan fingerprint density at radius 1 is 1.57 bits per heavy atom. The second kappa shape index (κ2) is 5.59. The van der Waals surface area contributed by atoms with E-state index in [1.807, 2.05) is 0 Å². The van der Waals surface area contributed by atoms with Crippen molar-refractivity contribution in [1.29, 1.82) is 10.5 Å². The van der Waals surface area contributed by atoms with E-state index in [4.69, 9.17) is 10.5 Å². The Bertz CT molecular complexity index is 250. The van der Waals surface area contributed by atoms with Gasteiger partial charge in [-0.3, -0.25) is 4.90 Å². The molecular weight excluding hydrogens is 176 g/mol. The molecule has 1 fully saturated rings. The van der Waals surface area contributed by atoms with E-state index < -0.39 is 0 Å². The zero-order chi connectivity index (χ0) is 10.4. The molecule has 4 nitrogen and oxygen atoms in total. The van der Waals surface area contributed by atoms with Crippen LogP contribution in [0.15, 0.2) is 0 Å². The van der Waals surface area contributed by atoms with Gasteiger partial charge in [-0.05, 0) is 6.42 Å². The summed E-state index contributed by atoms with van der Waals surface area (Å²) in [6.45, 7) is 4.58. The molecule has 0 aromatic heterocycles. The van der Waals surface area contributed by atoms with E-state index in [2.05, 4.69) is 29.3 Å². The summed E-state index contributed by atoms with van der Waals surface area (Å²) in [6.07, 6.45) is 1.46. The average Bonchev–Trinajstić information content (AvgIpc) is 2.26. The Morgan fingerprint density at radius 2 is 2.36 bits per heavy atom. The highest BCUT2D eigenvalue weighted by molar-refractivity contribution is 4.99. The highest BCUT2D eigenvalue weighted by atomic mass is 15.2. The maximum absolute atomic E-state index is 8.96. The van der Waals surface area contributed by atoms with Gasteiger partial charge in [0, 0.05) is 25.7 Å². The third-order valence-corrected chi connectivity index (χ3v) is 2.70. The fraction of sp³-hybridized carbons (Fsp3) is 0.800. The van der Waals surface area contributed by atoms with Gasteiger partial charge in [0.2, 0.25) is 0 Å². The van der Waals surface area contributed by atoms with Crippen LogP contribution in [0.5, 0.6) is 0 Å². The van der Waals surface area contributed by atoms with Crippen LogP contribution in [0.25, 0.3) is 0 Å². The van der Waals surface area contributed by atoms with Gasteiger partial charge >= 0.3 is 0 Å². The molecule has 0 bridgehead atoms. The van der Waals surface area contributed by atoms with Crippen LogP contribution in [0.2, 0.25) is 0 Å². The number of piperazine rings is 1. The molecule has 76 valence electrons. The molecule has 0 radical (unpaired) electrons. The van der Waals surface area contributed by atoms with Gasteiger partial charge in [-0.2, -0.15) is 10.5 Å². The summed E-state index contributed by atoms with van der Waals surface area (Å²) in [5, 5.41) is 20.8. The zero-order valence-corrected chi connectivity index (χ0v) is 8.53. The van der Waals surface area contributed by atoms with E-state index in [-0.39, 0.29) is 12.1 Å². The minimum absolute atomic E-state index is 0.0675. The number of hydrogen-bond donors (Lipinski definition) is 1. The van der Waals surface area contributed by atoms with Crippen LogP contribution >= 0.6 is 0 Å². The van der Waals surface area contributed by atoms with Crippen LogP contribution in [-0.4, -0.2) is 36.6 Å². The van der Waals surface area contributed by atoms with Crippen LogP contribution < -0.4 is 5.32 Å². The van der Waals surface area contributed by atoms with Gasteiger partial charge in [0.15, 0.2) is 0 Å². The molecule has 1 aliphatic heterocycles. The molecule has 1 N–H and O–H groups in total. The number of rotatable bonds is 3. The first-order valence-electron chi connectivity index (χ1n) is 5.06. The Labute approximate surface area is 85.1 Å². The van der Waals surface area contributed by atoms with E-state index in [0.29, 0.717) is 6.42 Å². The summed E-state index contributed by atoms with van der Waals surface area (Å²) in [4.78, 5) is 2.15. The molecule has 1 heterocycles. The smallest absolute Gasteiger partial charge is 0.111 e. The second-order valence-electron chi connectivity index (χ2n) is 3.51. The lowest BCUT2D eigenvalue weighted by molar-refractivity contribution is 0.134. The summed E-state index contributed by atoms with van der Waals surface area (Å²) in [5.74, 6) is 0. The lowest BCUT2D eigenvalue weighted by Gasteiger charge is -2.37. The minimum Gasteiger partial charge on any atom is -0.313 e. The molecule has 1 rings (SSSR count). The number of nitriles is 2. The van der Waals surface area contributed by atoms with Gasteiger partial charge in [0.1, 0.15) is 6.04 Å². The maximum Gasteiger partial charge on any atom is 0.111 e. The Morgan fingerprint density at radius 3 is 2.93 bits per heavy atom. The molecule has 14 heavy (non-hydrogen) atoms. The summed E-state index contributed by atoms with van der Waals surface area (Å²) in [6, 6.07) is 4.65. The van der Waals surface area contributed by atoms with Crippen molar-refractivity contribution in [2.45, 2.75) is 31.8 Å². The topological polar surface area (TPSA) is 62.9 Å². The molecule has 2 atom stereocenters. The van der Waals surface area contributed by atoms with Crippen molar-refractivity contribution in [2.24, 2.45) is 0 Å². The van der Waals surface area contributed by atoms with E-state index in [1.165, 1.54) is 0 Å². The largest absolute Gasteiger partial charge is 0.313 e. The number of hydrogen-bond acceptors (Lipinski definition) is 4. The molecule has 0 aromatic carbocycles. The maximum atomic E-state index is 8.96. The van der Waals surface area contributed by atoms with Crippen LogP contribution in [-0.2, 0) is 0 Å². The quantitative estimate of drug-likeness (QED) is 0.706. The number of nitrogens with one attached hydrogen (secondary N) is 1. The van der Waals surface area contributed by atoms with Gasteiger partial charge in [-0.15, -0.1) is 0 Å². The minimum atomic E-state index is -0.0675. The third kappa shape index (κ3) is 2.45. The van der Waals surface area contributed by atoms with Crippen LogP contribution in [0.4, 0.5) is 0 Å². The van der Waals surface area contributed by atoms with Crippen LogP contribution in [0.1, 0.15) is 19.8 Å². The molecule has 0 aromatic rings. The molecule has 0 spiro atoms. The monoisotopic (exact) mass is 192 g/mol. The summed E-state index contributed by atoms with van der Waals surface area (Å²) in [5.41, 5.74) is 0. The van der Waals surface area contributed by atoms with Crippen molar-refractivity contribution < 1.29 is 0 Å². The van der Waals surface area contributed by atoms with Gasteiger partial charge in [-0.1, -0.05) is 6.92 Å². The van der Waals surface area contributed by atoms with Gasteiger partial charge in [0.05, 0.1) is 18.6 Å². The molecule has 0 aliphatic carbocycles. The predicted molar refractivity (Wildman–Crippen MR) is 53.3 cm³/mol. The molecule has 0 saturated carbocycles. The van der Waals surface area contributed by atoms with Crippen LogP contribution in [0, 0.1) is 22.7 Å². The van der Waals surface area contributed by atoms with Crippen molar-refractivity contribution in [3.05, 3.63) is 0 Å². The second-order valence-corrected chi connectivity index (χ2v) is 3.51. The van der Waals surface area contributed by atoms with Crippen molar-refractivity contribution in [1.82, 2.24) is 10.2 Å². The SMILES string of the molecule is CCC(CC#N)N1CCNCC1C#N. The summed E-state index contributed by atoms with van der Waals surface area (Å²) in [7, 11) is 0. The third-order valence-electron chi connectivity index (χ3n) is 2.70. The standard InChI is InChI=1S/C10H16N4/c1-2-9(3-4-11)14-6-5-13-8-10(14)7-12/h9-10,13H,2-3,5-6,8H2,1H3. The van der Waals surface area contributed by atoms with E-state index >= 15 is 0 Å². The molecule has 4 heteroatoms. The fourth-order valence-electron chi connectivity index (χ4n) is 1.88. The highest BCUT2D eigenvalue weighted by Crippen LogP contribution is 2.13. The van der Waals surface area contributed by atoms with Crippen LogP contribution in [0.3, 0.4) is 0 Å². The number of nitrogens with zero attached hydrogens (tertiary/aromatic N) is 3. The van der Waals surface area contributed by atoms with Gasteiger partial charge in [0.25, 0.3) is 0 Å². The van der Waals surface area contributed by atoms with Crippen molar-refractivity contribution >= 4 is 0 Å². The van der Waals surface area contributed by atoms with Crippen molar-refractivity contribution in [2.75, 3.05) is 19.6 Å². The summed E-state index contributed by atoms with van der Waals surface area (Å²) < 4.78 is 0. The summed E-state index contributed by atoms with van der Waals surface area (Å²) >= 11 is 0. The normalized spacial score (nSPS) is 24.9. The fourth-order valence-corrected chi connectivity index (χ4v) is 1.88. The van der Waals surface area contributed by atoms with E-state index in [0.717, 1.165) is 26.1 Å². The Hall–Kier alpha value is -1.10. The average molecular weight is 192 g/mol. The molecule has 0 amide bonds. The van der Waals surface area contributed by atoms with Gasteiger partial charge < -0.3 is 5.32 Å². The lowest BCUT2D eigenvalue weighted by atomic mass is 10.1. The Kier molecular flexibility index (Phi) is 4.39. The lowest BCUT2D eigenvalue weighted by Crippen LogP contribution is -2.54. The first-order valence-corrected chi connectivity index (χ1v) is 5.06.